The molecule has 3 aromatic heterocycles. The summed E-state index contributed by atoms with van der Waals surface area (Å²) in [7, 11) is 0. The van der Waals surface area contributed by atoms with Gasteiger partial charge in [0.2, 0.25) is 5.91 Å². The minimum absolute atomic E-state index is 0.0255. The average Bonchev–Trinajstić information content (AvgIpc) is 2.87. The van der Waals surface area contributed by atoms with Gasteiger partial charge in [0.25, 0.3) is 5.56 Å². The van der Waals surface area contributed by atoms with Gasteiger partial charge in [0, 0.05) is 38.4 Å². The molecule has 5 rings (SSSR count). The number of anilines is 3. The van der Waals surface area contributed by atoms with Gasteiger partial charge in [-0.05, 0) is 24.3 Å². The molecule has 0 radical (unpaired) electrons. The van der Waals surface area contributed by atoms with Gasteiger partial charge < -0.3 is 15.1 Å². The number of hydrogen-bond donors (Lipinski definition) is 1. The Labute approximate surface area is 189 Å². The minimum atomic E-state index is -0.207. The second-order valence-corrected chi connectivity index (χ2v) is 7.66. The van der Waals surface area contributed by atoms with E-state index < -0.39 is 0 Å². The van der Waals surface area contributed by atoms with Crippen LogP contribution in [0.4, 0.5) is 17.5 Å². The molecule has 1 N–H and O–H groups in total. The summed E-state index contributed by atoms with van der Waals surface area (Å²) in [5.41, 5.74) is 0.420. The van der Waals surface area contributed by atoms with Crippen LogP contribution in [-0.4, -0.2) is 61.5 Å². The molecule has 33 heavy (non-hydrogen) atoms. The number of amides is 1. The Bertz CT molecular complexity index is 1330. The molecule has 4 heterocycles. The van der Waals surface area contributed by atoms with Crippen LogP contribution in [0.5, 0.6) is 0 Å². The molecule has 10 nitrogen and oxygen atoms in total. The second-order valence-electron chi connectivity index (χ2n) is 7.66. The Balaban J connectivity index is 1.21. The molecule has 0 unspecified atom stereocenters. The largest absolute Gasteiger partial charge is 0.353 e. The zero-order valence-electron chi connectivity index (χ0n) is 17.8. The molecule has 1 aliphatic rings. The molecule has 1 fully saturated rings. The van der Waals surface area contributed by atoms with Crippen LogP contribution in [0.25, 0.3) is 10.9 Å². The fourth-order valence-electron chi connectivity index (χ4n) is 3.81. The number of para-hydroxylation sites is 1. The van der Waals surface area contributed by atoms with Crippen LogP contribution in [0.15, 0.2) is 72.2 Å². The zero-order chi connectivity index (χ0) is 22.6. The van der Waals surface area contributed by atoms with Crippen molar-refractivity contribution < 1.29 is 4.79 Å². The van der Waals surface area contributed by atoms with Gasteiger partial charge in [0.05, 0.1) is 17.2 Å². The molecule has 0 bridgehead atoms. The number of carbonyl (C=O) groups is 1. The number of hydrogen-bond acceptors (Lipinski definition) is 8. The number of fused-ring (bicyclic) bond motifs is 1. The van der Waals surface area contributed by atoms with Crippen molar-refractivity contribution >= 4 is 34.3 Å². The third kappa shape index (κ3) is 4.49. The number of nitrogens with one attached hydrogen (secondary N) is 1. The summed E-state index contributed by atoms with van der Waals surface area (Å²) in [4.78, 5) is 46.6. The summed E-state index contributed by atoms with van der Waals surface area (Å²) < 4.78 is 1.37. The van der Waals surface area contributed by atoms with E-state index in [1.165, 1.54) is 17.2 Å². The molecule has 10 heteroatoms. The highest BCUT2D eigenvalue weighted by Gasteiger charge is 2.23. The van der Waals surface area contributed by atoms with Crippen molar-refractivity contribution in [3.05, 3.63) is 77.7 Å². The monoisotopic (exact) mass is 442 g/mol. The van der Waals surface area contributed by atoms with E-state index in [0.717, 1.165) is 5.82 Å². The van der Waals surface area contributed by atoms with Crippen LogP contribution >= 0.6 is 0 Å². The van der Waals surface area contributed by atoms with E-state index in [0.29, 0.717) is 48.7 Å². The van der Waals surface area contributed by atoms with Gasteiger partial charge >= 0.3 is 0 Å². The van der Waals surface area contributed by atoms with Gasteiger partial charge in [-0.3, -0.25) is 14.2 Å². The van der Waals surface area contributed by atoms with Crippen LogP contribution < -0.4 is 15.8 Å². The van der Waals surface area contributed by atoms with Crippen molar-refractivity contribution in [2.45, 2.75) is 6.54 Å². The first-order chi connectivity index (χ1) is 16.2. The van der Waals surface area contributed by atoms with Gasteiger partial charge in [-0.25, -0.2) is 19.9 Å². The average molecular weight is 442 g/mol. The minimum Gasteiger partial charge on any atom is -0.353 e. The summed E-state index contributed by atoms with van der Waals surface area (Å²) in [6.07, 6.45) is 4.66. The van der Waals surface area contributed by atoms with E-state index >= 15 is 0 Å². The van der Waals surface area contributed by atoms with Crippen LogP contribution in [0.3, 0.4) is 0 Å². The van der Waals surface area contributed by atoms with E-state index in [1.807, 2.05) is 30.3 Å². The lowest BCUT2D eigenvalue weighted by molar-refractivity contribution is -0.132. The molecule has 166 valence electrons. The molecule has 0 aliphatic carbocycles. The van der Waals surface area contributed by atoms with E-state index in [-0.39, 0.29) is 18.0 Å². The van der Waals surface area contributed by atoms with Crippen molar-refractivity contribution in [3.8, 4) is 0 Å². The summed E-state index contributed by atoms with van der Waals surface area (Å²) in [6, 6.07) is 14.6. The highest BCUT2D eigenvalue weighted by atomic mass is 16.2. The van der Waals surface area contributed by atoms with Gasteiger partial charge in [-0.1, -0.05) is 18.2 Å². The summed E-state index contributed by atoms with van der Waals surface area (Å²) in [5, 5.41) is 3.67. The predicted molar refractivity (Wildman–Crippen MR) is 124 cm³/mol. The molecule has 1 saturated heterocycles. The van der Waals surface area contributed by atoms with Crippen molar-refractivity contribution in [1.29, 1.82) is 0 Å². The highest BCUT2D eigenvalue weighted by molar-refractivity contribution is 5.79. The highest BCUT2D eigenvalue weighted by Crippen LogP contribution is 2.18. The third-order valence-corrected chi connectivity index (χ3v) is 5.57. The number of rotatable bonds is 5. The van der Waals surface area contributed by atoms with Crippen LogP contribution in [-0.2, 0) is 11.3 Å². The van der Waals surface area contributed by atoms with Gasteiger partial charge in [-0.2, -0.15) is 0 Å². The number of benzene rings is 1. The SMILES string of the molecule is O=C(Cn1cnc2ccccc2c1=O)N1CCN(c2cc(Nc3ccccn3)ncn2)CC1. The molecule has 0 saturated carbocycles. The Hall–Kier alpha value is -4.34. The van der Waals surface area contributed by atoms with E-state index in [9.17, 15) is 9.59 Å². The van der Waals surface area contributed by atoms with Crippen molar-refractivity contribution in [2.75, 3.05) is 36.4 Å². The first-order valence-corrected chi connectivity index (χ1v) is 10.6. The lowest BCUT2D eigenvalue weighted by atomic mass is 10.2. The first kappa shape index (κ1) is 20.6. The first-order valence-electron chi connectivity index (χ1n) is 10.6. The maximum Gasteiger partial charge on any atom is 0.261 e. The number of piperazine rings is 1. The lowest BCUT2D eigenvalue weighted by Gasteiger charge is -2.35. The Morgan fingerprint density at radius 3 is 2.55 bits per heavy atom. The van der Waals surface area contributed by atoms with Gasteiger partial charge in [-0.15, -0.1) is 0 Å². The van der Waals surface area contributed by atoms with Crippen LogP contribution in [0.2, 0.25) is 0 Å². The normalized spacial score (nSPS) is 13.8. The summed E-state index contributed by atoms with van der Waals surface area (Å²) in [5.74, 6) is 2.04. The standard InChI is InChI=1S/C23H22N8O2/c32-22(14-31-16-27-18-6-2-1-5-17(18)23(31)33)30-11-9-29(10-12-30)21-13-20(25-15-26-21)28-19-7-3-4-8-24-19/h1-8,13,15-16H,9-12,14H2,(H,24,25,26,28). The summed E-state index contributed by atoms with van der Waals surface area (Å²) in [6.45, 7) is 2.33. The topological polar surface area (TPSA) is 109 Å². The smallest absolute Gasteiger partial charge is 0.261 e. The fraction of sp³-hybridized carbons (Fsp3) is 0.217. The van der Waals surface area contributed by atoms with Gasteiger partial charge in [0.1, 0.15) is 30.3 Å². The molecule has 0 spiro atoms. The number of aromatic nitrogens is 5. The maximum absolute atomic E-state index is 12.8. The number of nitrogens with zero attached hydrogens (tertiary/aromatic N) is 7. The van der Waals surface area contributed by atoms with Crippen LogP contribution in [0, 0.1) is 0 Å². The number of carbonyl (C=O) groups excluding carboxylic acids is 1. The molecule has 0 atom stereocenters. The van der Waals surface area contributed by atoms with Crippen molar-refractivity contribution in [3.63, 3.8) is 0 Å². The molecule has 1 amide bonds. The molecular formula is C23H22N8O2. The zero-order valence-corrected chi connectivity index (χ0v) is 17.8. The van der Waals surface area contributed by atoms with Gasteiger partial charge in [0.15, 0.2) is 0 Å². The molecule has 4 aromatic rings. The van der Waals surface area contributed by atoms with Crippen LogP contribution in [0.1, 0.15) is 0 Å². The Morgan fingerprint density at radius 2 is 1.73 bits per heavy atom. The molecular weight excluding hydrogens is 420 g/mol. The van der Waals surface area contributed by atoms with E-state index in [1.54, 1.807) is 29.3 Å². The van der Waals surface area contributed by atoms with Crippen molar-refractivity contribution in [1.82, 2.24) is 29.4 Å². The quantitative estimate of drug-likeness (QED) is 0.497. The maximum atomic E-state index is 12.8. The predicted octanol–water partition coefficient (Wildman–Crippen LogP) is 1.67. The molecule has 1 aromatic carbocycles. The third-order valence-electron chi connectivity index (χ3n) is 5.57. The Morgan fingerprint density at radius 1 is 0.909 bits per heavy atom. The molecule has 1 aliphatic heterocycles. The second kappa shape index (κ2) is 9.03. The van der Waals surface area contributed by atoms with E-state index in [2.05, 4.69) is 30.2 Å². The van der Waals surface area contributed by atoms with Crippen molar-refractivity contribution in [2.24, 2.45) is 0 Å². The summed E-state index contributed by atoms with van der Waals surface area (Å²) >= 11 is 0. The van der Waals surface area contributed by atoms with E-state index in [4.69, 9.17) is 0 Å². The fourth-order valence-corrected chi connectivity index (χ4v) is 3.81. The number of pyridine rings is 1. The Kier molecular flexibility index (Phi) is 5.62. The lowest BCUT2D eigenvalue weighted by Crippen LogP contribution is -2.50.